The van der Waals surface area contributed by atoms with Crippen molar-refractivity contribution in [3.63, 3.8) is 0 Å². The highest BCUT2D eigenvalue weighted by Gasteiger charge is 2.49. The Morgan fingerprint density at radius 3 is 2.26 bits per heavy atom. The van der Waals surface area contributed by atoms with Gasteiger partial charge in [0, 0.05) is 30.5 Å². The van der Waals surface area contributed by atoms with Gasteiger partial charge in [-0.1, -0.05) is 30.3 Å². The highest BCUT2D eigenvalue weighted by molar-refractivity contribution is 5.84. The summed E-state index contributed by atoms with van der Waals surface area (Å²) < 4.78 is 22.4. The van der Waals surface area contributed by atoms with Crippen molar-refractivity contribution in [2.24, 2.45) is 0 Å². The van der Waals surface area contributed by atoms with Crippen LogP contribution in [0.4, 0.5) is 0 Å². The second kappa shape index (κ2) is 6.95. The predicted octanol–water partition coefficient (Wildman–Crippen LogP) is 3.77. The highest BCUT2D eigenvalue weighted by atomic mass is 16.6. The maximum Gasteiger partial charge on any atom is 0.303 e. The van der Waals surface area contributed by atoms with E-state index in [0.717, 1.165) is 16.7 Å². The van der Waals surface area contributed by atoms with Crippen molar-refractivity contribution in [3.8, 4) is 22.6 Å². The number of fused-ring (bicyclic) bond motifs is 3. The molecule has 0 saturated heterocycles. The lowest BCUT2D eigenvalue weighted by molar-refractivity contribution is -0.185. The first-order valence-corrected chi connectivity index (χ1v) is 8.55. The molecule has 0 fully saturated rings. The quantitative estimate of drug-likeness (QED) is 0.763. The molecule has 0 N–H and O–H groups in total. The number of benzene rings is 2. The first kappa shape index (κ1) is 18.8. The summed E-state index contributed by atoms with van der Waals surface area (Å²) in [5.41, 5.74) is 1.82. The van der Waals surface area contributed by atoms with Crippen molar-refractivity contribution < 1.29 is 28.5 Å². The molecule has 0 saturated carbocycles. The first-order valence-electron chi connectivity index (χ1n) is 8.55. The Hall–Kier alpha value is -3.02. The average Bonchev–Trinajstić information content (AvgIpc) is 2.63. The minimum Gasteiger partial charge on any atom is -0.493 e. The van der Waals surface area contributed by atoms with E-state index in [9.17, 15) is 9.59 Å². The van der Waals surface area contributed by atoms with Gasteiger partial charge >= 0.3 is 11.9 Å². The van der Waals surface area contributed by atoms with E-state index >= 15 is 0 Å². The zero-order valence-electron chi connectivity index (χ0n) is 16.0. The number of rotatable bonds is 4. The van der Waals surface area contributed by atoms with Crippen molar-refractivity contribution in [2.75, 3.05) is 14.2 Å². The van der Waals surface area contributed by atoms with Gasteiger partial charge in [-0.15, -0.1) is 0 Å². The summed E-state index contributed by atoms with van der Waals surface area (Å²) in [6.45, 7) is 4.42. The van der Waals surface area contributed by atoms with Gasteiger partial charge in [0.2, 0.25) is 0 Å². The normalized spacial score (nSPS) is 20.1. The summed E-state index contributed by atoms with van der Waals surface area (Å²) >= 11 is 0. The molecule has 0 heterocycles. The fraction of sp³-hybridized carbons (Fsp3) is 0.333. The van der Waals surface area contributed by atoms with E-state index in [1.165, 1.54) is 13.8 Å². The second-order valence-corrected chi connectivity index (χ2v) is 6.50. The number of hydrogen-bond acceptors (Lipinski definition) is 6. The lowest BCUT2D eigenvalue weighted by atomic mass is 9.73. The van der Waals surface area contributed by atoms with Gasteiger partial charge in [0.1, 0.15) is 0 Å². The van der Waals surface area contributed by atoms with Crippen LogP contribution in [0.15, 0.2) is 36.4 Å². The Morgan fingerprint density at radius 1 is 0.963 bits per heavy atom. The zero-order chi connectivity index (χ0) is 19.8. The lowest BCUT2D eigenvalue weighted by Gasteiger charge is -2.42. The summed E-state index contributed by atoms with van der Waals surface area (Å²) in [4.78, 5) is 23.8. The van der Waals surface area contributed by atoms with Gasteiger partial charge in [0.15, 0.2) is 23.2 Å². The van der Waals surface area contributed by atoms with E-state index in [4.69, 9.17) is 18.9 Å². The smallest absolute Gasteiger partial charge is 0.303 e. The van der Waals surface area contributed by atoms with E-state index in [0.29, 0.717) is 17.1 Å². The lowest BCUT2D eigenvalue weighted by Crippen LogP contribution is -2.40. The molecule has 142 valence electrons. The van der Waals surface area contributed by atoms with Gasteiger partial charge in [-0.05, 0) is 18.6 Å². The Bertz CT molecular complexity index is 904. The number of ether oxygens (including phenoxy) is 4. The molecule has 2 aromatic rings. The van der Waals surface area contributed by atoms with Gasteiger partial charge in [0.05, 0.1) is 14.2 Å². The molecule has 0 bridgehead atoms. The molecule has 27 heavy (non-hydrogen) atoms. The molecular weight excluding hydrogens is 348 g/mol. The summed E-state index contributed by atoms with van der Waals surface area (Å²) in [6, 6.07) is 11.1. The van der Waals surface area contributed by atoms with E-state index in [1.807, 2.05) is 30.3 Å². The summed E-state index contributed by atoms with van der Waals surface area (Å²) in [7, 11) is 3.12. The van der Waals surface area contributed by atoms with Gasteiger partial charge in [0.25, 0.3) is 0 Å². The molecule has 6 nitrogen and oxygen atoms in total. The van der Waals surface area contributed by atoms with E-state index < -0.39 is 23.6 Å². The van der Waals surface area contributed by atoms with Gasteiger partial charge in [-0.25, -0.2) is 0 Å². The van der Waals surface area contributed by atoms with Crippen molar-refractivity contribution in [1.82, 2.24) is 0 Å². The minimum atomic E-state index is -1.18. The van der Waals surface area contributed by atoms with Crippen LogP contribution in [-0.4, -0.2) is 26.2 Å². The fourth-order valence-electron chi connectivity index (χ4n) is 3.76. The van der Waals surface area contributed by atoms with Gasteiger partial charge in [-0.3, -0.25) is 9.59 Å². The van der Waals surface area contributed by atoms with E-state index in [-0.39, 0.29) is 0 Å². The third kappa shape index (κ3) is 3.01. The number of esters is 2. The maximum absolute atomic E-state index is 11.9. The second-order valence-electron chi connectivity index (χ2n) is 6.50. The third-order valence-corrected chi connectivity index (χ3v) is 4.73. The fourth-order valence-corrected chi connectivity index (χ4v) is 3.76. The molecule has 0 amide bonds. The number of carbonyl (C=O) groups is 2. The van der Waals surface area contributed by atoms with E-state index in [2.05, 4.69) is 0 Å². The highest BCUT2D eigenvalue weighted by Crippen LogP contribution is 2.56. The SMILES string of the molecule is COc1ccc2c(c1OC)-c1ccccc1[C@@](C)(OC(C)=O)[C@H]2OC(C)=O. The number of methoxy groups -OCH3 is 2. The maximum atomic E-state index is 11.9. The van der Waals surface area contributed by atoms with Crippen LogP contribution in [-0.2, 0) is 24.7 Å². The average molecular weight is 370 g/mol. The molecule has 2 aromatic carbocycles. The Kier molecular flexibility index (Phi) is 4.83. The molecule has 0 aliphatic heterocycles. The standard InChI is InChI=1S/C21H22O6/c1-12(22)26-20-15-10-11-17(24-4)19(25-5)18(15)14-8-6-7-9-16(14)21(20,3)27-13(2)23/h6-11,20H,1-5H3/t20-,21+/m0/s1. The van der Waals surface area contributed by atoms with Crippen LogP contribution in [0.1, 0.15) is 38.0 Å². The minimum absolute atomic E-state index is 0.464. The van der Waals surface area contributed by atoms with Crippen LogP contribution in [0, 0.1) is 0 Å². The van der Waals surface area contributed by atoms with Crippen LogP contribution in [0.25, 0.3) is 11.1 Å². The van der Waals surface area contributed by atoms with Gasteiger partial charge in [-0.2, -0.15) is 0 Å². The van der Waals surface area contributed by atoms with E-state index in [1.54, 1.807) is 27.2 Å². The Labute approximate surface area is 158 Å². The molecule has 3 rings (SSSR count). The molecule has 0 aromatic heterocycles. The van der Waals surface area contributed by atoms with Gasteiger partial charge < -0.3 is 18.9 Å². The molecular formula is C21H22O6. The van der Waals surface area contributed by atoms with Crippen molar-refractivity contribution in [1.29, 1.82) is 0 Å². The summed E-state index contributed by atoms with van der Waals surface area (Å²) in [5.74, 6) is 0.153. The summed E-state index contributed by atoms with van der Waals surface area (Å²) in [6.07, 6.45) is -0.830. The number of carbonyl (C=O) groups excluding carboxylic acids is 2. The van der Waals surface area contributed by atoms with Crippen LogP contribution < -0.4 is 9.47 Å². The van der Waals surface area contributed by atoms with Crippen LogP contribution in [0.2, 0.25) is 0 Å². The number of hydrogen-bond donors (Lipinski definition) is 0. The zero-order valence-corrected chi connectivity index (χ0v) is 16.0. The largest absolute Gasteiger partial charge is 0.493 e. The first-order chi connectivity index (χ1) is 12.8. The predicted molar refractivity (Wildman–Crippen MR) is 98.6 cm³/mol. The van der Waals surface area contributed by atoms with Crippen LogP contribution >= 0.6 is 0 Å². The molecule has 0 spiro atoms. The molecule has 0 radical (unpaired) electrons. The molecule has 1 aliphatic rings. The van der Waals surface area contributed by atoms with Crippen LogP contribution in [0.5, 0.6) is 11.5 Å². The topological polar surface area (TPSA) is 71.1 Å². The summed E-state index contributed by atoms with van der Waals surface area (Å²) in [5, 5.41) is 0. The Morgan fingerprint density at radius 2 is 1.67 bits per heavy atom. The van der Waals surface area contributed by atoms with Crippen LogP contribution in [0.3, 0.4) is 0 Å². The molecule has 2 atom stereocenters. The molecule has 1 aliphatic carbocycles. The third-order valence-electron chi connectivity index (χ3n) is 4.73. The van der Waals surface area contributed by atoms with Crippen molar-refractivity contribution in [3.05, 3.63) is 47.5 Å². The van der Waals surface area contributed by atoms with Crippen molar-refractivity contribution >= 4 is 11.9 Å². The Balaban J connectivity index is 2.38. The molecule has 0 unspecified atom stereocenters. The van der Waals surface area contributed by atoms with Crippen molar-refractivity contribution in [2.45, 2.75) is 32.5 Å². The molecule has 6 heteroatoms. The monoisotopic (exact) mass is 370 g/mol.